The monoisotopic (exact) mass is 338 g/mol. The smallest absolute Gasteiger partial charge is 0.161 e. The van der Waals surface area contributed by atoms with Crippen molar-refractivity contribution in [1.29, 1.82) is 0 Å². The maximum absolute atomic E-state index is 10.1. The van der Waals surface area contributed by atoms with Crippen LogP contribution in [0.15, 0.2) is 18.2 Å². The third-order valence-electron chi connectivity index (χ3n) is 4.08. The molecular weight excluding hydrogens is 304 g/mol. The average Bonchev–Trinajstić information content (AvgIpc) is 2.57. The summed E-state index contributed by atoms with van der Waals surface area (Å²) in [6.07, 6.45) is 1.84. The molecule has 0 aliphatic carbocycles. The number of methoxy groups -OCH3 is 1. The molecule has 1 aromatic rings. The zero-order chi connectivity index (χ0) is 17.9. The lowest BCUT2D eigenvalue weighted by Crippen LogP contribution is -2.36. The van der Waals surface area contributed by atoms with E-state index in [0.717, 1.165) is 18.7 Å². The lowest BCUT2D eigenvalue weighted by molar-refractivity contribution is 0.0668. The second-order valence-corrected chi connectivity index (χ2v) is 6.51. The van der Waals surface area contributed by atoms with Crippen LogP contribution in [0.25, 0.3) is 0 Å². The van der Waals surface area contributed by atoms with Gasteiger partial charge in [-0.3, -0.25) is 0 Å². The van der Waals surface area contributed by atoms with Gasteiger partial charge in [0, 0.05) is 19.1 Å². The Bertz CT molecular complexity index is 466. The number of benzene rings is 1. The number of nitrogens with one attached hydrogen (secondary N) is 1. The number of nitrogens with zero attached hydrogens (tertiary/aromatic N) is 1. The fourth-order valence-electron chi connectivity index (χ4n) is 2.26. The van der Waals surface area contributed by atoms with Gasteiger partial charge >= 0.3 is 0 Å². The summed E-state index contributed by atoms with van der Waals surface area (Å²) in [4.78, 5) is 2.09. The Kier molecular flexibility index (Phi) is 9.76. The Morgan fingerprint density at radius 1 is 1.25 bits per heavy atom. The van der Waals surface area contributed by atoms with Crippen LogP contribution in [0.1, 0.15) is 39.2 Å². The quantitative estimate of drug-likeness (QED) is 0.574. The molecule has 0 bridgehead atoms. The summed E-state index contributed by atoms with van der Waals surface area (Å²) < 4.78 is 11.2. The highest BCUT2D eigenvalue weighted by Gasteiger charge is 2.13. The molecule has 0 spiro atoms. The predicted octanol–water partition coefficient (Wildman–Crippen LogP) is 2.66. The van der Waals surface area contributed by atoms with E-state index in [1.54, 1.807) is 7.11 Å². The van der Waals surface area contributed by atoms with Gasteiger partial charge in [0.2, 0.25) is 0 Å². The SMILES string of the molecule is CCCCNCc1ccc(OC[C@@H](O)CN(C)C(C)C)c(OC)c1. The van der Waals surface area contributed by atoms with E-state index in [-0.39, 0.29) is 6.61 Å². The van der Waals surface area contributed by atoms with Gasteiger partial charge in [-0.1, -0.05) is 19.4 Å². The molecule has 0 fully saturated rings. The Morgan fingerprint density at radius 3 is 2.62 bits per heavy atom. The van der Waals surface area contributed by atoms with Crippen molar-refractivity contribution in [2.45, 2.75) is 52.3 Å². The van der Waals surface area contributed by atoms with E-state index < -0.39 is 6.10 Å². The number of rotatable bonds is 12. The fourth-order valence-corrected chi connectivity index (χ4v) is 2.26. The van der Waals surface area contributed by atoms with E-state index in [1.165, 1.54) is 12.8 Å². The largest absolute Gasteiger partial charge is 0.493 e. The summed E-state index contributed by atoms with van der Waals surface area (Å²) in [6, 6.07) is 6.33. The van der Waals surface area contributed by atoms with Crippen molar-refractivity contribution in [3.63, 3.8) is 0 Å². The van der Waals surface area contributed by atoms with Gasteiger partial charge in [-0.25, -0.2) is 0 Å². The summed E-state index contributed by atoms with van der Waals surface area (Å²) >= 11 is 0. The van der Waals surface area contributed by atoms with Crippen LogP contribution in [-0.4, -0.2) is 56.0 Å². The Hall–Kier alpha value is -1.30. The first-order chi connectivity index (χ1) is 11.5. The van der Waals surface area contributed by atoms with Crippen LogP contribution in [0.3, 0.4) is 0 Å². The molecule has 1 atom stereocenters. The molecule has 5 heteroatoms. The third-order valence-corrected chi connectivity index (χ3v) is 4.08. The van der Waals surface area contributed by atoms with E-state index in [2.05, 4.69) is 31.0 Å². The van der Waals surface area contributed by atoms with Gasteiger partial charge in [-0.05, 0) is 51.6 Å². The van der Waals surface area contributed by atoms with Crippen molar-refractivity contribution < 1.29 is 14.6 Å². The van der Waals surface area contributed by atoms with Crippen molar-refractivity contribution in [2.75, 3.05) is 33.9 Å². The Labute approximate surface area is 147 Å². The van der Waals surface area contributed by atoms with Crippen molar-refractivity contribution in [3.05, 3.63) is 23.8 Å². The zero-order valence-corrected chi connectivity index (χ0v) is 15.8. The lowest BCUT2D eigenvalue weighted by Gasteiger charge is -2.24. The standard InChI is InChI=1S/C19H34N2O3/c1-6-7-10-20-12-16-8-9-18(19(11-16)23-5)24-14-17(22)13-21(4)15(2)3/h8-9,11,15,17,20,22H,6-7,10,12-14H2,1-5H3/t17-/m0/s1. The zero-order valence-electron chi connectivity index (χ0n) is 15.8. The summed E-state index contributed by atoms with van der Waals surface area (Å²) in [5.41, 5.74) is 1.16. The number of aliphatic hydroxyl groups excluding tert-OH is 1. The first-order valence-electron chi connectivity index (χ1n) is 8.86. The van der Waals surface area contributed by atoms with Crippen LogP contribution in [0.5, 0.6) is 11.5 Å². The molecule has 0 saturated heterocycles. The van der Waals surface area contributed by atoms with Crippen molar-refractivity contribution >= 4 is 0 Å². The molecule has 5 nitrogen and oxygen atoms in total. The van der Waals surface area contributed by atoms with E-state index in [9.17, 15) is 5.11 Å². The lowest BCUT2D eigenvalue weighted by atomic mass is 10.2. The van der Waals surface area contributed by atoms with Crippen LogP contribution in [-0.2, 0) is 6.54 Å². The summed E-state index contributed by atoms with van der Waals surface area (Å²) in [5, 5.41) is 13.5. The highest BCUT2D eigenvalue weighted by Crippen LogP contribution is 2.28. The predicted molar refractivity (Wildman–Crippen MR) is 98.9 cm³/mol. The van der Waals surface area contributed by atoms with Gasteiger partial charge in [-0.2, -0.15) is 0 Å². The maximum atomic E-state index is 10.1. The molecule has 0 unspecified atom stereocenters. The second-order valence-electron chi connectivity index (χ2n) is 6.51. The summed E-state index contributed by atoms with van der Waals surface area (Å²) in [5.74, 6) is 1.37. The molecule has 0 aliphatic rings. The number of likely N-dealkylation sites (N-methyl/N-ethyl adjacent to an activating group) is 1. The molecule has 24 heavy (non-hydrogen) atoms. The normalized spacial score (nSPS) is 12.7. The molecule has 0 saturated carbocycles. The van der Waals surface area contributed by atoms with Gasteiger partial charge in [0.25, 0.3) is 0 Å². The van der Waals surface area contributed by atoms with Gasteiger partial charge in [0.1, 0.15) is 12.7 Å². The highest BCUT2D eigenvalue weighted by atomic mass is 16.5. The van der Waals surface area contributed by atoms with Crippen LogP contribution >= 0.6 is 0 Å². The summed E-state index contributed by atoms with van der Waals surface area (Å²) in [7, 11) is 3.63. The van der Waals surface area contributed by atoms with Crippen molar-refractivity contribution in [1.82, 2.24) is 10.2 Å². The number of hydrogen-bond donors (Lipinski definition) is 2. The molecule has 138 valence electrons. The molecule has 1 rings (SSSR count). The van der Waals surface area contributed by atoms with E-state index in [1.807, 2.05) is 25.2 Å². The van der Waals surface area contributed by atoms with Crippen LogP contribution in [0, 0.1) is 0 Å². The minimum atomic E-state index is -0.530. The highest BCUT2D eigenvalue weighted by molar-refractivity contribution is 5.43. The molecule has 1 aromatic carbocycles. The van der Waals surface area contributed by atoms with Gasteiger partial charge < -0.3 is 24.8 Å². The van der Waals surface area contributed by atoms with Crippen LogP contribution in [0.4, 0.5) is 0 Å². The van der Waals surface area contributed by atoms with Gasteiger partial charge in [-0.15, -0.1) is 0 Å². The minimum Gasteiger partial charge on any atom is -0.493 e. The van der Waals surface area contributed by atoms with E-state index >= 15 is 0 Å². The minimum absolute atomic E-state index is 0.252. The number of unbranched alkanes of at least 4 members (excludes halogenated alkanes) is 1. The van der Waals surface area contributed by atoms with Crippen molar-refractivity contribution in [3.8, 4) is 11.5 Å². The molecule has 0 aliphatic heterocycles. The average molecular weight is 338 g/mol. The molecule has 2 N–H and O–H groups in total. The maximum Gasteiger partial charge on any atom is 0.161 e. The first kappa shape index (κ1) is 20.7. The molecule has 0 aromatic heterocycles. The molecule has 0 heterocycles. The number of hydrogen-bond acceptors (Lipinski definition) is 5. The second kappa shape index (κ2) is 11.3. The summed E-state index contributed by atoms with van der Waals surface area (Å²) in [6.45, 7) is 9.06. The Morgan fingerprint density at radius 2 is 2.00 bits per heavy atom. The van der Waals surface area contributed by atoms with Crippen LogP contribution < -0.4 is 14.8 Å². The first-order valence-corrected chi connectivity index (χ1v) is 8.86. The Balaban J connectivity index is 2.52. The molecule has 0 radical (unpaired) electrons. The molecule has 0 amide bonds. The van der Waals surface area contributed by atoms with Gasteiger partial charge in [0.05, 0.1) is 7.11 Å². The van der Waals surface area contributed by atoms with Gasteiger partial charge in [0.15, 0.2) is 11.5 Å². The van der Waals surface area contributed by atoms with Crippen LogP contribution in [0.2, 0.25) is 0 Å². The molecular formula is C19H34N2O3. The topological polar surface area (TPSA) is 54.0 Å². The number of ether oxygens (including phenoxy) is 2. The third kappa shape index (κ3) is 7.51. The number of aliphatic hydroxyl groups is 1. The van der Waals surface area contributed by atoms with E-state index in [4.69, 9.17) is 9.47 Å². The van der Waals surface area contributed by atoms with E-state index in [0.29, 0.717) is 24.1 Å². The van der Waals surface area contributed by atoms with Crippen molar-refractivity contribution in [2.24, 2.45) is 0 Å². The fraction of sp³-hybridized carbons (Fsp3) is 0.684.